The third-order valence-electron chi connectivity index (χ3n) is 3.02. The number of carboxylic acid groups (broad SMARTS) is 1. The zero-order chi connectivity index (χ0) is 13.0. The van der Waals surface area contributed by atoms with E-state index in [1.54, 1.807) is 4.90 Å². The zero-order valence-corrected chi connectivity index (χ0v) is 10.0. The molecule has 0 aromatic heterocycles. The number of anilines is 1. The number of carbonyl (C=O) groups is 2. The van der Waals surface area contributed by atoms with Crippen molar-refractivity contribution in [3.8, 4) is 0 Å². The van der Waals surface area contributed by atoms with Crippen LogP contribution in [-0.4, -0.2) is 36.1 Å². The Balaban J connectivity index is 2.01. The monoisotopic (exact) mass is 248 g/mol. The van der Waals surface area contributed by atoms with Gasteiger partial charge in [-0.3, -0.25) is 9.59 Å². The molecule has 2 N–H and O–H groups in total. The summed E-state index contributed by atoms with van der Waals surface area (Å²) in [4.78, 5) is 24.1. The van der Waals surface area contributed by atoms with Crippen LogP contribution in [0.3, 0.4) is 0 Å². The van der Waals surface area contributed by atoms with E-state index in [4.69, 9.17) is 5.11 Å². The van der Waals surface area contributed by atoms with Crippen LogP contribution < -0.4 is 10.2 Å². The summed E-state index contributed by atoms with van der Waals surface area (Å²) >= 11 is 0. The van der Waals surface area contributed by atoms with Crippen LogP contribution in [0.15, 0.2) is 30.3 Å². The van der Waals surface area contributed by atoms with E-state index in [-0.39, 0.29) is 24.9 Å². The second-order valence-electron chi connectivity index (χ2n) is 4.35. The van der Waals surface area contributed by atoms with Gasteiger partial charge in [0.1, 0.15) is 0 Å². The average molecular weight is 248 g/mol. The highest BCUT2D eigenvalue weighted by Crippen LogP contribution is 2.17. The minimum atomic E-state index is -0.806. The number of piperazine rings is 1. The summed E-state index contributed by atoms with van der Waals surface area (Å²) in [7, 11) is 0. The largest absolute Gasteiger partial charge is 0.481 e. The molecule has 1 unspecified atom stereocenters. The second-order valence-corrected chi connectivity index (χ2v) is 4.35. The fourth-order valence-corrected chi connectivity index (χ4v) is 2.06. The van der Waals surface area contributed by atoms with Crippen molar-refractivity contribution < 1.29 is 14.7 Å². The fourth-order valence-electron chi connectivity index (χ4n) is 2.06. The van der Waals surface area contributed by atoms with Crippen molar-refractivity contribution in [1.82, 2.24) is 5.32 Å². The van der Waals surface area contributed by atoms with Crippen LogP contribution in [0.5, 0.6) is 0 Å². The molecule has 1 fully saturated rings. The first kappa shape index (κ1) is 12.6. The number of hydrogen-bond donors (Lipinski definition) is 2. The number of nitrogens with one attached hydrogen (secondary N) is 1. The molecule has 0 radical (unpaired) electrons. The van der Waals surface area contributed by atoms with Crippen molar-refractivity contribution in [3.63, 3.8) is 0 Å². The molecule has 1 aromatic carbocycles. The summed E-state index contributed by atoms with van der Waals surface area (Å²) in [6, 6.07) is 9.49. The molecular weight excluding hydrogens is 232 g/mol. The number of para-hydroxylation sites is 1. The first-order valence-electron chi connectivity index (χ1n) is 5.97. The number of nitrogens with zero attached hydrogens (tertiary/aromatic N) is 1. The lowest BCUT2D eigenvalue weighted by atomic mass is 10.1. The van der Waals surface area contributed by atoms with Crippen LogP contribution >= 0.6 is 0 Å². The Hall–Kier alpha value is -1.88. The van der Waals surface area contributed by atoms with E-state index in [1.807, 2.05) is 30.3 Å². The van der Waals surface area contributed by atoms with E-state index in [0.29, 0.717) is 13.0 Å². The smallest absolute Gasteiger partial charge is 0.303 e. The van der Waals surface area contributed by atoms with Crippen molar-refractivity contribution >= 4 is 17.6 Å². The van der Waals surface area contributed by atoms with Crippen molar-refractivity contribution in [1.29, 1.82) is 0 Å². The fraction of sp³-hybridized carbons (Fsp3) is 0.385. The van der Waals surface area contributed by atoms with E-state index in [9.17, 15) is 9.59 Å². The van der Waals surface area contributed by atoms with Gasteiger partial charge in [-0.25, -0.2) is 0 Å². The standard InChI is InChI=1S/C13H16N2O3/c16-12-8-14-10(6-7-13(17)18)9-15(12)11-4-2-1-3-5-11/h1-5,10,14H,6-9H2,(H,17,18). The lowest BCUT2D eigenvalue weighted by molar-refractivity contribution is -0.137. The highest BCUT2D eigenvalue weighted by molar-refractivity contribution is 5.95. The van der Waals surface area contributed by atoms with Gasteiger partial charge in [0.15, 0.2) is 0 Å². The first-order chi connectivity index (χ1) is 8.66. The average Bonchev–Trinajstić information content (AvgIpc) is 2.38. The van der Waals surface area contributed by atoms with Crippen LogP contribution in [0.1, 0.15) is 12.8 Å². The van der Waals surface area contributed by atoms with E-state index >= 15 is 0 Å². The van der Waals surface area contributed by atoms with Crippen molar-refractivity contribution in [2.45, 2.75) is 18.9 Å². The summed E-state index contributed by atoms with van der Waals surface area (Å²) in [5, 5.41) is 11.7. The molecule has 1 aliphatic rings. The molecule has 96 valence electrons. The molecule has 1 atom stereocenters. The van der Waals surface area contributed by atoms with Gasteiger partial charge >= 0.3 is 5.97 Å². The highest BCUT2D eigenvalue weighted by atomic mass is 16.4. The summed E-state index contributed by atoms with van der Waals surface area (Å²) in [5.41, 5.74) is 0.865. The van der Waals surface area contributed by atoms with Crippen LogP contribution in [0, 0.1) is 0 Å². The van der Waals surface area contributed by atoms with Gasteiger partial charge in [0.05, 0.1) is 6.54 Å². The van der Waals surface area contributed by atoms with Gasteiger partial charge in [-0.05, 0) is 18.6 Å². The molecule has 2 rings (SSSR count). The Kier molecular flexibility index (Phi) is 3.94. The molecule has 1 heterocycles. The van der Waals surface area contributed by atoms with Crippen LogP contribution in [0.4, 0.5) is 5.69 Å². The maximum Gasteiger partial charge on any atom is 0.303 e. The zero-order valence-electron chi connectivity index (χ0n) is 10.0. The summed E-state index contributed by atoms with van der Waals surface area (Å²) in [6.45, 7) is 0.787. The second kappa shape index (κ2) is 5.64. The molecule has 0 bridgehead atoms. The first-order valence-corrected chi connectivity index (χ1v) is 5.97. The normalized spacial score (nSPS) is 19.9. The lowest BCUT2D eigenvalue weighted by Crippen LogP contribution is -2.54. The topological polar surface area (TPSA) is 69.6 Å². The van der Waals surface area contributed by atoms with Crippen LogP contribution in [-0.2, 0) is 9.59 Å². The van der Waals surface area contributed by atoms with Crippen molar-refractivity contribution in [2.24, 2.45) is 0 Å². The predicted octanol–water partition coefficient (Wildman–Crippen LogP) is 0.856. The Labute approximate surface area is 105 Å². The quantitative estimate of drug-likeness (QED) is 0.829. The van der Waals surface area contributed by atoms with Gasteiger partial charge in [0, 0.05) is 24.7 Å². The molecule has 0 aliphatic carbocycles. The van der Waals surface area contributed by atoms with E-state index in [0.717, 1.165) is 5.69 Å². The van der Waals surface area contributed by atoms with Crippen LogP contribution in [0.25, 0.3) is 0 Å². The van der Waals surface area contributed by atoms with E-state index in [2.05, 4.69) is 5.32 Å². The minimum absolute atomic E-state index is 0.0211. The highest BCUT2D eigenvalue weighted by Gasteiger charge is 2.26. The molecule has 0 spiro atoms. The molecule has 18 heavy (non-hydrogen) atoms. The van der Waals surface area contributed by atoms with Gasteiger partial charge in [-0.2, -0.15) is 0 Å². The molecule has 1 amide bonds. The molecule has 5 heteroatoms. The molecule has 0 saturated carbocycles. The number of aliphatic carboxylic acids is 1. The predicted molar refractivity (Wildman–Crippen MR) is 67.5 cm³/mol. The Morgan fingerprint density at radius 2 is 2.11 bits per heavy atom. The van der Waals surface area contributed by atoms with Crippen molar-refractivity contribution in [2.75, 3.05) is 18.0 Å². The van der Waals surface area contributed by atoms with Gasteiger partial charge in [0.25, 0.3) is 0 Å². The van der Waals surface area contributed by atoms with Crippen molar-refractivity contribution in [3.05, 3.63) is 30.3 Å². The van der Waals surface area contributed by atoms with Gasteiger partial charge in [-0.1, -0.05) is 18.2 Å². The number of amides is 1. The summed E-state index contributed by atoms with van der Waals surface area (Å²) < 4.78 is 0. The van der Waals surface area contributed by atoms with Gasteiger partial charge < -0.3 is 15.3 Å². The third kappa shape index (κ3) is 3.07. The number of carbonyl (C=O) groups excluding carboxylic acids is 1. The molecule has 1 saturated heterocycles. The Morgan fingerprint density at radius 3 is 2.78 bits per heavy atom. The third-order valence-corrected chi connectivity index (χ3v) is 3.02. The number of benzene rings is 1. The summed E-state index contributed by atoms with van der Waals surface area (Å²) in [5.74, 6) is -0.785. The van der Waals surface area contributed by atoms with Gasteiger partial charge in [-0.15, -0.1) is 0 Å². The van der Waals surface area contributed by atoms with E-state index in [1.165, 1.54) is 0 Å². The van der Waals surface area contributed by atoms with E-state index < -0.39 is 5.97 Å². The van der Waals surface area contributed by atoms with Gasteiger partial charge in [0.2, 0.25) is 5.91 Å². The Bertz CT molecular complexity index is 433. The SMILES string of the molecule is O=C(O)CCC1CN(c2ccccc2)C(=O)CN1. The molecular formula is C13H16N2O3. The molecule has 5 nitrogen and oxygen atoms in total. The number of rotatable bonds is 4. The number of hydrogen-bond acceptors (Lipinski definition) is 3. The minimum Gasteiger partial charge on any atom is -0.481 e. The number of carboxylic acids is 1. The van der Waals surface area contributed by atoms with Crippen LogP contribution in [0.2, 0.25) is 0 Å². The summed E-state index contributed by atoms with van der Waals surface area (Å²) in [6.07, 6.45) is 0.653. The maximum absolute atomic E-state index is 11.8. The Morgan fingerprint density at radius 1 is 1.39 bits per heavy atom. The molecule has 1 aliphatic heterocycles. The maximum atomic E-state index is 11.8. The lowest BCUT2D eigenvalue weighted by Gasteiger charge is -2.33. The molecule has 1 aromatic rings.